The molecule has 1 amide bonds. The minimum Gasteiger partial charge on any atom is -0.365 e. The van der Waals surface area contributed by atoms with E-state index >= 15 is 0 Å². The van der Waals surface area contributed by atoms with Gasteiger partial charge in [-0.05, 0) is 24.5 Å². The van der Waals surface area contributed by atoms with Crippen LogP contribution in [0.4, 0.5) is 5.82 Å². The standard InChI is InChI=1S/C18H21ClN4O/c19-15-9-5-4-6-13(15)10-21-17-12-20-16(11-22-17)18(24)23-14-7-2-1-3-8-14/h4-6,9,11-12,14H,1-3,7-8,10H2,(H,21,22)(H,23,24). The van der Waals surface area contributed by atoms with Crippen molar-refractivity contribution >= 4 is 23.3 Å². The summed E-state index contributed by atoms with van der Waals surface area (Å²) in [4.78, 5) is 20.7. The molecule has 1 aromatic carbocycles. The Bertz CT molecular complexity index is 684. The highest BCUT2D eigenvalue weighted by Gasteiger charge is 2.17. The molecule has 2 N–H and O–H groups in total. The molecule has 0 radical (unpaired) electrons. The van der Waals surface area contributed by atoms with E-state index in [0.717, 1.165) is 18.4 Å². The fourth-order valence-corrected chi connectivity index (χ4v) is 3.07. The van der Waals surface area contributed by atoms with Crippen LogP contribution < -0.4 is 10.6 Å². The van der Waals surface area contributed by atoms with E-state index in [0.29, 0.717) is 23.1 Å². The van der Waals surface area contributed by atoms with E-state index in [1.807, 2.05) is 24.3 Å². The van der Waals surface area contributed by atoms with Crippen molar-refractivity contribution in [2.24, 2.45) is 0 Å². The summed E-state index contributed by atoms with van der Waals surface area (Å²) >= 11 is 6.12. The summed E-state index contributed by atoms with van der Waals surface area (Å²) in [6.07, 6.45) is 8.81. The van der Waals surface area contributed by atoms with Crippen molar-refractivity contribution in [1.82, 2.24) is 15.3 Å². The number of aromatic nitrogens is 2. The largest absolute Gasteiger partial charge is 0.365 e. The molecule has 6 heteroatoms. The van der Waals surface area contributed by atoms with Gasteiger partial charge in [-0.3, -0.25) is 4.79 Å². The molecule has 3 rings (SSSR count). The van der Waals surface area contributed by atoms with Gasteiger partial charge in [0.15, 0.2) is 0 Å². The second-order valence-corrected chi connectivity index (χ2v) is 6.45. The molecule has 0 unspecified atom stereocenters. The lowest BCUT2D eigenvalue weighted by molar-refractivity contribution is 0.0922. The molecule has 126 valence electrons. The first-order valence-electron chi connectivity index (χ1n) is 8.32. The third-order valence-electron chi connectivity index (χ3n) is 4.24. The van der Waals surface area contributed by atoms with E-state index in [-0.39, 0.29) is 11.9 Å². The number of carbonyl (C=O) groups is 1. The molecule has 0 atom stereocenters. The van der Waals surface area contributed by atoms with E-state index < -0.39 is 0 Å². The molecule has 0 spiro atoms. The zero-order chi connectivity index (χ0) is 16.8. The van der Waals surface area contributed by atoms with Crippen LogP contribution in [0.2, 0.25) is 5.02 Å². The average molecular weight is 345 g/mol. The first-order valence-corrected chi connectivity index (χ1v) is 8.70. The lowest BCUT2D eigenvalue weighted by atomic mass is 9.95. The second-order valence-electron chi connectivity index (χ2n) is 6.04. The van der Waals surface area contributed by atoms with Crippen LogP contribution in [0.15, 0.2) is 36.7 Å². The van der Waals surface area contributed by atoms with E-state index in [4.69, 9.17) is 11.6 Å². The Hall–Kier alpha value is -2.14. The number of anilines is 1. The van der Waals surface area contributed by atoms with Crippen molar-refractivity contribution in [3.05, 3.63) is 52.9 Å². The molecule has 0 saturated heterocycles. The van der Waals surface area contributed by atoms with E-state index in [9.17, 15) is 4.79 Å². The lowest BCUT2D eigenvalue weighted by Gasteiger charge is -2.22. The maximum absolute atomic E-state index is 12.2. The molecule has 5 nitrogen and oxygen atoms in total. The van der Waals surface area contributed by atoms with Gasteiger partial charge in [0.25, 0.3) is 5.91 Å². The quantitative estimate of drug-likeness (QED) is 0.865. The van der Waals surface area contributed by atoms with E-state index in [2.05, 4.69) is 20.6 Å². The third kappa shape index (κ3) is 4.45. The van der Waals surface area contributed by atoms with Gasteiger partial charge >= 0.3 is 0 Å². The van der Waals surface area contributed by atoms with Crippen molar-refractivity contribution in [2.45, 2.75) is 44.7 Å². The van der Waals surface area contributed by atoms with Crippen LogP contribution in [0.25, 0.3) is 0 Å². The van der Waals surface area contributed by atoms with Crippen LogP contribution in [0.3, 0.4) is 0 Å². The van der Waals surface area contributed by atoms with Gasteiger partial charge in [0.05, 0.1) is 12.4 Å². The summed E-state index contributed by atoms with van der Waals surface area (Å²) in [6.45, 7) is 0.558. The Morgan fingerprint density at radius 3 is 2.62 bits per heavy atom. The monoisotopic (exact) mass is 344 g/mol. The highest BCUT2D eigenvalue weighted by molar-refractivity contribution is 6.31. The fraction of sp³-hybridized carbons (Fsp3) is 0.389. The SMILES string of the molecule is O=C(NC1CCCCC1)c1cnc(NCc2ccccc2Cl)cn1. The molecule has 1 aromatic heterocycles. The number of halogens is 1. The molecular weight excluding hydrogens is 324 g/mol. The van der Waals surface area contributed by atoms with Gasteiger partial charge in [0.1, 0.15) is 11.5 Å². The van der Waals surface area contributed by atoms with Gasteiger partial charge in [-0.25, -0.2) is 9.97 Å². The highest BCUT2D eigenvalue weighted by atomic mass is 35.5. The number of nitrogens with zero attached hydrogens (tertiary/aromatic N) is 2. The van der Waals surface area contributed by atoms with Crippen molar-refractivity contribution in [1.29, 1.82) is 0 Å². The Kier molecular flexibility index (Phi) is 5.64. The van der Waals surface area contributed by atoms with Gasteiger partial charge in [-0.1, -0.05) is 49.1 Å². The van der Waals surface area contributed by atoms with Gasteiger partial charge in [0.2, 0.25) is 0 Å². The molecule has 1 aliphatic rings. The van der Waals surface area contributed by atoms with Crippen molar-refractivity contribution in [2.75, 3.05) is 5.32 Å². The smallest absolute Gasteiger partial charge is 0.271 e. The summed E-state index contributed by atoms with van der Waals surface area (Å²) in [5.74, 6) is 0.469. The molecule has 24 heavy (non-hydrogen) atoms. The lowest BCUT2D eigenvalue weighted by Crippen LogP contribution is -2.36. The normalized spacial score (nSPS) is 15.0. The van der Waals surface area contributed by atoms with Crippen molar-refractivity contribution in [3.63, 3.8) is 0 Å². The van der Waals surface area contributed by atoms with Crippen molar-refractivity contribution < 1.29 is 4.79 Å². The van der Waals surface area contributed by atoms with Crippen LogP contribution in [0, 0.1) is 0 Å². The maximum atomic E-state index is 12.2. The molecule has 1 fully saturated rings. The van der Waals surface area contributed by atoms with Crippen molar-refractivity contribution in [3.8, 4) is 0 Å². The van der Waals surface area contributed by atoms with E-state index in [1.165, 1.54) is 25.5 Å². The summed E-state index contributed by atoms with van der Waals surface area (Å²) < 4.78 is 0. The number of hydrogen-bond acceptors (Lipinski definition) is 4. The van der Waals surface area contributed by atoms with Gasteiger partial charge in [-0.2, -0.15) is 0 Å². The highest BCUT2D eigenvalue weighted by Crippen LogP contribution is 2.18. The molecule has 0 bridgehead atoms. The minimum absolute atomic E-state index is 0.146. The first kappa shape index (κ1) is 16.7. The number of carbonyl (C=O) groups excluding carboxylic acids is 1. The summed E-state index contributed by atoms with van der Waals surface area (Å²) in [5.41, 5.74) is 1.34. The third-order valence-corrected chi connectivity index (χ3v) is 4.61. The zero-order valence-corrected chi connectivity index (χ0v) is 14.2. The number of amides is 1. The molecule has 1 saturated carbocycles. The van der Waals surface area contributed by atoms with Crippen LogP contribution in [0.5, 0.6) is 0 Å². The van der Waals surface area contributed by atoms with Crippen LogP contribution in [0.1, 0.15) is 48.2 Å². The number of benzene rings is 1. The second kappa shape index (κ2) is 8.11. The Labute approximate surface area is 146 Å². The Balaban J connectivity index is 1.54. The predicted octanol–water partition coefficient (Wildman–Crippen LogP) is 3.80. The topological polar surface area (TPSA) is 66.9 Å². The maximum Gasteiger partial charge on any atom is 0.271 e. The van der Waals surface area contributed by atoms with Gasteiger partial charge < -0.3 is 10.6 Å². The number of rotatable bonds is 5. The molecule has 1 heterocycles. The van der Waals surface area contributed by atoms with Crippen LogP contribution in [-0.4, -0.2) is 21.9 Å². The molecular formula is C18H21ClN4O. The van der Waals surface area contributed by atoms with Gasteiger partial charge in [-0.15, -0.1) is 0 Å². The summed E-state index contributed by atoms with van der Waals surface area (Å²) in [7, 11) is 0. The molecule has 0 aliphatic heterocycles. The summed E-state index contributed by atoms with van der Waals surface area (Å²) in [5, 5.41) is 6.91. The van der Waals surface area contributed by atoms with Crippen LogP contribution >= 0.6 is 11.6 Å². The Morgan fingerprint density at radius 2 is 1.92 bits per heavy atom. The van der Waals surface area contributed by atoms with Crippen LogP contribution in [-0.2, 0) is 6.54 Å². The predicted molar refractivity (Wildman–Crippen MR) is 95.1 cm³/mol. The summed E-state index contributed by atoms with van der Waals surface area (Å²) in [6, 6.07) is 7.90. The molecule has 2 aromatic rings. The fourth-order valence-electron chi connectivity index (χ4n) is 2.87. The Morgan fingerprint density at radius 1 is 1.12 bits per heavy atom. The average Bonchev–Trinajstić information content (AvgIpc) is 2.62. The van der Waals surface area contributed by atoms with Gasteiger partial charge in [0, 0.05) is 17.6 Å². The number of hydrogen-bond donors (Lipinski definition) is 2. The first-order chi connectivity index (χ1) is 11.7. The zero-order valence-electron chi connectivity index (χ0n) is 13.5. The number of nitrogens with one attached hydrogen (secondary N) is 2. The minimum atomic E-state index is -0.146. The molecule has 1 aliphatic carbocycles. The van der Waals surface area contributed by atoms with E-state index in [1.54, 1.807) is 6.20 Å².